The Morgan fingerprint density at radius 3 is 2.88 bits per heavy atom. The van der Waals surface area contributed by atoms with Crippen molar-refractivity contribution in [3.05, 3.63) is 35.3 Å². The van der Waals surface area contributed by atoms with Gasteiger partial charge in [-0.05, 0) is 56.1 Å². The molecule has 17 heavy (non-hydrogen) atoms. The van der Waals surface area contributed by atoms with Gasteiger partial charge in [-0.2, -0.15) is 0 Å². The summed E-state index contributed by atoms with van der Waals surface area (Å²) in [6.45, 7) is 5.92. The number of hydrogen-bond donors (Lipinski definition) is 1. The van der Waals surface area contributed by atoms with E-state index in [9.17, 15) is 4.39 Å². The summed E-state index contributed by atoms with van der Waals surface area (Å²) in [5.74, 6) is -0.195. The van der Waals surface area contributed by atoms with Crippen LogP contribution in [0.15, 0.2) is 22.8 Å². The van der Waals surface area contributed by atoms with Gasteiger partial charge >= 0.3 is 0 Å². The van der Waals surface area contributed by atoms with Gasteiger partial charge in [-0.15, -0.1) is 0 Å². The first kappa shape index (κ1) is 12.1. The standard InChI is InChI=1S/C14H18FNO/c1-3-5-16-6-4-11-9-17-14-10(2)7-12(15)8-13(11)14/h7-9,16H,3-6H2,1-2H3. The summed E-state index contributed by atoms with van der Waals surface area (Å²) in [5.41, 5.74) is 2.73. The van der Waals surface area contributed by atoms with Crippen LogP contribution < -0.4 is 5.32 Å². The van der Waals surface area contributed by atoms with Crippen molar-refractivity contribution < 1.29 is 8.81 Å². The average molecular weight is 235 g/mol. The third kappa shape index (κ3) is 2.67. The van der Waals surface area contributed by atoms with Crippen molar-refractivity contribution in [1.29, 1.82) is 0 Å². The van der Waals surface area contributed by atoms with Crippen LogP contribution in [-0.4, -0.2) is 13.1 Å². The highest BCUT2D eigenvalue weighted by Crippen LogP contribution is 2.25. The normalized spacial score (nSPS) is 11.2. The van der Waals surface area contributed by atoms with E-state index >= 15 is 0 Å². The molecule has 92 valence electrons. The number of furan rings is 1. The minimum atomic E-state index is -0.195. The van der Waals surface area contributed by atoms with E-state index in [0.29, 0.717) is 0 Å². The lowest BCUT2D eigenvalue weighted by Crippen LogP contribution is -2.17. The third-order valence-electron chi connectivity index (χ3n) is 2.90. The number of fused-ring (bicyclic) bond motifs is 1. The highest BCUT2D eigenvalue weighted by atomic mass is 19.1. The third-order valence-corrected chi connectivity index (χ3v) is 2.90. The van der Waals surface area contributed by atoms with Gasteiger partial charge < -0.3 is 9.73 Å². The Bertz CT molecular complexity index is 504. The summed E-state index contributed by atoms with van der Waals surface area (Å²) in [5, 5.41) is 4.24. The molecule has 1 N–H and O–H groups in total. The van der Waals surface area contributed by atoms with E-state index in [1.54, 1.807) is 12.3 Å². The van der Waals surface area contributed by atoms with Crippen LogP contribution in [0.1, 0.15) is 24.5 Å². The lowest BCUT2D eigenvalue weighted by molar-refractivity contribution is 0.599. The maximum Gasteiger partial charge on any atom is 0.137 e. The fraction of sp³-hybridized carbons (Fsp3) is 0.429. The molecule has 0 aliphatic rings. The Morgan fingerprint density at radius 2 is 2.12 bits per heavy atom. The predicted octanol–water partition coefficient (Wildman–Crippen LogP) is 3.42. The van der Waals surface area contributed by atoms with Crippen LogP contribution in [-0.2, 0) is 6.42 Å². The van der Waals surface area contributed by atoms with Gasteiger partial charge in [0.15, 0.2) is 0 Å². The van der Waals surface area contributed by atoms with E-state index in [1.807, 2.05) is 6.92 Å². The van der Waals surface area contributed by atoms with Crippen LogP contribution in [0.25, 0.3) is 11.0 Å². The van der Waals surface area contributed by atoms with E-state index < -0.39 is 0 Å². The smallest absolute Gasteiger partial charge is 0.137 e. The molecule has 0 radical (unpaired) electrons. The highest BCUT2D eigenvalue weighted by Gasteiger charge is 2.09. The zero-order valence-electron chi connectivity index (χ0n) is 10.3. The summed E-state index contributed by atoms with van der Waals surface area (Å²) < 4.78 is 18.8. The molecule has 1 heterocycles. The van der Waals surface area contributed by atoms with Crippen molar-refractivity contribution >= 4 is 11.0 Å². The van der Waals surface area contributed by atoms with Crippen LogP contribution in [0, 0.1) is 12.7 Å². The zero-order chi connectivity index (χ0) is 12.3. The molecule has 0 unspecified atom stereocenters. The van der Waals surface area contributed by atoms with Crippen LogP contribution >= 0.6 is 0 Å². The van der Waals surface area contributed by atoms with Gasteiger partial charge in [-0.25, -0.2) is 4.39 Å². The first-order valence-electron chi connectivity index (χ1n) is 6.09. The van der Waals surface area contributed by atoms with Gasteiger partial charge in [0.2, 0.25) is 0 Å². The van der Waals surface area contributed by atoms with Crippen LogP contribution in [0.2, 0.25) is 0 Å². The number of aryl methyl sites for hydroxylation is 1. The first-order chi connectivity index (χ1) is 8.22. The van der Waals surface area contributed by atoms with Gasteiger partial charge in [0.1, 0.15) is 11.4 Å². The minimum absolute atomic E-state index is 0.195. The molecule has 0 spiro atoms. The van der Waals surface area contributed by atoms with Gasteiger partial charge in [0, 0.05) is 5.39 Å². The average Bonchev–Trinajstić information content (AvgIpc) is 2.68. The van der Waals surface area contributed by atoms with Gasteiger partial charge in [-0.1, -0.05) is 6.92 Å². The summed E-state index contributed by atoms with van der Waals surface area (Å²) in [4.78, 5) is 0. The minimum Gasteiger partial charge on any atom is -0.464 e. The Kier molecular flexibility index (Phi) is 3.79. The van der Waals surface area contributed by atoms with E-state index in [-0.39, 0.29) is 5.82 Å². The Hall–Kier alpha value is -1.35. The van der Waals surface area contributed by atoms with E-state index in [0.717, 1.165) is 48.0 Å². The second-order valence-corrected chi connectivity index (χ2v) is 4.36. The van der Waals surface area contributed by atoms with Crippen molar-refractivity contribution in [3.63, 3.8) is 0 Å². The van der Waals surface area contributed by atoms with Gasteiger partial charge in [0.25, 0.3) is 0 Å². The fourth-order valence-corrected chi connectivity index (χ4v) is 2.04. The van der Waals surface area contributed by atoms with Crippen LogP contribution in [0.5, 0.6) is 0 Å². The molecule has 0 aliphatic heterocycles. The molecule has 0 saturated carbocycles. The second kappa shape index (κ2) is 5.32. The van der Waals surface area contributed by atoms with E-state index in [2.05, 4.69) is 12.2 Å². The van der Waals surface area contributed by atoms with Crippen molar-refractivity contribution in [1.82, 2.24) is 5.32 Å². The fourth-order valence-electron chi connectivity index (χ4n) is 2.04. The quantitative estimate of drug-likeness (QED) is 0.803. The van der Waals surface area contributed by atoms with Crippen molar-refractivity contribution in [2.75, 3.05) is 13.1 Å². The summed E-state index contributed by atoms with van der Waals surface area (Å²) in [6.07, 6.45) is 3.74. The lowest BCUT2D eigenvalue weighted by atomic mass is 10.1. The highest BCUT2D eigenvalue weighted by molar-refractivity contribution is 5.83. The maximum atomic E-state index is 13.3. The summed E-state index contributed by atoms with van der Waals surface area (Å²) in [6, 6.07) is 3.06. The first-order valence-corrected chi connectivity index (χ1v) is 6.09. The summed E-state index contributed by atoms with van der Waals surface area (Å²) >= 11 is 0. The molecule has 1 aromatic heterocycles. The van der Waals surface area contributed by atoms with Crippen molar-refractivity contribution in [3.8, 4) is 0 Å². The largest absolute Gasteiger partial charge is 0.464 e. The Morgan fingerprint density at radius 1 is 1.29 bits per heavy atom. The molecule has 2 rings (SSSR count). The Labute approximate surface area is 101 Å². The SMILES string of the molecule is CCCNCCc1coc2c(C)cc(F)cc12. The molecule has 1 aromatic carbocycles. The molecule has 0 saturated heterocycles. The van der Waals surface area contributed by atoms with Crippen LogP contribution in [0.3, 0.4) is 0 Å². The molecule has 0 aliphatic carbocycles. The molecule has 2 nitrogen and oxygen atoms in total. The maximum absolute atomic E-state index is 13.3. The monoisotopic (exact) mass is 235 g/mol. The number of hydrogen-bond acceptors (Lipinski definition) is 2. The lowest BCUT2D eigenvalue weighted by Gasteiger charge is -2.01. The summed E-state index contributed by atoms with van der Waals surface area (Å²) in [7, 11) is 0. The topological polar surface area (TPSA) is 25.2 Å². The number of halogens is 1. The number of nitrogens with one attached hydrogen (secondary N) is 1. The number of rotatable bonds is 5. The molecular weight excluding hydrogens is 217 g/mol. The molecule has 0 fully saturated rings. The van der Waals surface area contributed by atoms with Gasteiger partial charge in [0.05, 0.1) is 6.26 Å². The van der Waals surface area contributed by atoms with E-state index in [1.165, 1.54) is 6.07 Å². The molecule has 0 amide bonds. The predicted molar refractivity (Wildman–Crippen MR) is 67.8 cm³/mol. The van der Waals surface area contributed by atoms with Gasteiger partial charge in [-0.3, -0.25) is 0 Å². The van der Waals surface area contributed by atoms with Crippen molar-refractivity contribution in [2.45, 2.75) is 26.7 Å². The zero-order valence-corrected chi connectivity index (χ0v) is 10.3. The molecule has 3 heteroatoms. The van der Waals surface area contributed by atoms with E-state index in [4.69, 9.17) is 4.42 Å². The van der Waals surface area contributed by atoms with Crippen LogP contribution in [0.4, 0.5) is 4.39 Å². The number of benzene rings is 1. The molecule has 2 aromatic rings. The molecule has 0 bridgehead atoms. The van der Waals surface area contributed by atoms with Crippen molar-refractivity contribution in [2.24, 2.45) is 0 Å². The molecule has 0 atom stereocenters. The molecular formula is C14H18FNO. The second-order valence-electron chi connectivity index (χ2n) is 4.36. The Balaban J connectivity index is 2.18.